The van der Waals surface area contributed by atoms with Crippen LogP contribution in [0.3, 0.4) is 0 Å². The molecule has 3 rings (SSSR count). The molecule has 1 aliphatic carbocycles. The van der Waals surface area contributed by atoms with Crippen molar-refractivity contribution >= 4 is 28.3 Å². The summed E-state index contributed by atoms with van der Waals surface area (Å²) in [7, 11) is 0. The molecule has 1 aliphatic heterocycles. The topological polar surface area (TPSA) is 37.3 Å². The highest BCUT2D eigenvalue weighted by Crippen LogP contribution is 2.39. The zero-order chi connectivity index (χ0) is 14.0. The Bertz CT molecular complexity index is 471. The van der Waals surface area contributed by atoms with Crippen molar-refractivity contribution in [2.75, 3.05) is 5.75 Å². The van der Waals surface area contributed by atoms with Crippen LogP contribution in [-0.4, -0.2) is 21.4 Å². The normalized spacial score (nSPS) is 33.5. The van der Waals surface area contributed by atoms with Crippen LogP contribution in [-0.2, 0) is 0 Å². The zero-order valence-electron chi connectivity index (χ0n) is 12.3. The maximum Gasteiger partial charge on any atom is 0.157 e. The molecule has 3 atom stereocenters. The minimum absolute atomic E-state index is 0.223. The van der Waals surface area contributed by atoms with Crippen molar-refractivity contribution in [2.24, 2.45) is 10.9 Å². The summed E-state index contributed by atoms with van der Waals surface area (Å²) in [6.45, 7) is 4.57. The number of aliphatic imine (C=N–C) groups is 1. The molecule has 5 heteroatoms. The molecule has 3 unspecified atom stereocenters. The number of aromatic nitrogens is 1. The van der Waals surface area contributed by atoms with Gasteiger partial charge in [0.2, 0.25) is 0 Å². The van der Waals surface area contributed by atoms with Gasteiger partial charge in [-0.15, -0.1) is 11.3 Å². The summed E-state index contributed by atoms with van der Waals surface area (Å²) in [6.07, 6.45) is 8.23. The van der Waals surface area contributed by atoms with Crippen molar-refractivity contribution < 1.29 is 0 Å². The molecule has 1 saturated carbocycles. The van der Waals surface area contributed by atoms with Gasteiger partial charge in [-0.1, -0.05) is 38.5 Å². The van der Waals surface area contributed by atoms with E-state index in [9.17, 15) is 0 Å². The molecule has 1 aromatic rings. The third-order valence-corrected chi connectivity index (χ3v) is 6.40. The van der Waals surface area contributed by atoms with Gasteiger partial charge in [0.1, 0.15) is 11.0 Å². The summed E-state index contributed by atoms with van der Waals surface area (Å²) in [4.78, 5) is 9.35. The van der Waals surface area contributed by atoms with Gasteiger partial charge >= 0.3 is 0 Å². The lowest BCUT2D eigenvalue weighted by Crippen LogP contribution is -2.47. The van der Waals surface area contributed by atoms with Crippen LogP contribution in [0.15, 0.2) is 16.6 Å². The van der Waals surface area contributed by atoms with E-state index in [2.05, 4.69) is 24.1 Å². The number of nitrogens with one attached hydrogen (secondary N) is 1. The van der Waals surface area contributed by atoms with Crippen molar-refractivity contribution in [1.29, 1.82) is 0 Å². The number of thioether (sulfide) groups is 1. The molecular formula is C15H23N3S2. The SMILES string of the molecule is CCC(N=C1NC2(CCCC(C)C2)CS1)c1nccs1. The van der Waals surface area contributed by atoms with E-state index in [0.717, 1.165) is 22.5 Å². The Morgan fingerprint density at radius 2 is 2.50 bits per heavy atom. The Hall–Kier alpha value is -0.550. The summed E-state index contributed by atoms with van der Waals surface area (Å²) in [6, 6.07) is 0.223. The molecule has 0 radical (unpaired) electrons. The fourth-order valence-corrected chi connectivity index (χ4v) is 5.34. The van der Waals surface area contributed by atoms with Gasteiger partial charge in [0.15, 0.2) is 5.17 Å². The predicted molar refractivity (Wildman–Crippen MR) is 88.5 cm³/mol. The highest BCUT2D eigenvalue weighted by atomic mass is 32.2. The Morgan fingerprint density at radius 1 is 1.60 bits per heavy atom. The van der Waals surface area contributed by atoms with E-state index in [-0.39, 0.29) is 6.04 Å². The van der Waals surface area contributed by atoms with Crippen LogP contribution >= 0.6 is 23.1 Å². The predicted octanol–water partition coefficient (Wildman–Crippen LogP) is 4.24. The number of nitrogens with zero attached hydrogens (tertiary/aromatic N) is 2. The molecule has 1 N–H and O–H groups in total. The molecular weight excluding hydrogens is 286 g/mol. The average Bonchev–Trinajstić information content (AvgIpc) is 3.06. The van der Waals surface area contributed by atoms with E-state index in [1.54, 1.807) is 11.3 Å². The largest absolute Gasteiger partial charge is 0.359 e. The monoisotopic (exact) mass is 309 g/mol. The van der Waals surface area contributed by atoms with Gasteiger partial charge in [-0.25, -0.2) is 4.98 Å². The van der Waals surface area contributed by atoms with Crippen LogP contribution in [0.25, 0.3) is 0 Å². The zero-order valence-corrected chi connectivity index (χ0v) is 13.9. The molecule has 1 spiro atoms. The van der Waals surface area contributed by atoms with Crippen LogP contribution in [0.5, 0.6) is 0 Å². The fraction of sp³-hybridized carbons (Fsp3) is 0.733. The maximum absolute atomic E-state index is 4.93. The summed E-state index contributed by atoms with van der Waals surface area (Å²) < 4.78 is 0. The number of hydrogen-bond acceptors (Lipinski definition) is 4. The van der Waals surface area contributed by atoms with Crippen molar-refractivity contribution in [3.8, 4) is 0 Å². The number of thiazole rings is 1. The molecule has 0 amide bonds. The van der Waals surface area contributed by atoms with Crippen LogP contribution in [0.1, 0.15) is 57.0 Å². The van der Waals surface area contributed by atoms with Crippen molar-refractivity contribution in [3.05, 3.63) is 16.6 Å². The van der Waals surface area contributed by atoms with E-state index in [4.69, 9.17) is 4.99 Å². The molecule has 0 aromatic carbocycles. The minimum atomic E-state index is 0.223. The third-order valence-electron chi connectivity index (χ3n) is 4.35. The Kier molecular flexibility index (Phi) is 4.36. The first-order chi connectivity index (χ1) is 9.71. The molecule has 1 aromatic heterocycles. The van der Waals surface area contributed by atoms with Crippen LogP contribution < -0.4 is 5.32 Å². The lowest BCUT2D eigenvalue weighted by Gasteiger charge is -2.36. The van der Waals surface area contributed by atoms with Crippen molar-refractivity contribution in [2.45, 2.75) is 57.5 Å². The standard InChI is InChI=1S/C15H23N3S2/c1-3-12(13-16-7-8-19-13)17-14-18-15(10-20-14)6-4-5-11(2)9-15/h7-8,11-12H,3-6,9-10H2,1-2H3,(H,17,18). The smallest absolute Gasteiger partial charge is 0.157 e. The Balaban J connectivity index is 1.71. The highest BCUT2D eigenvalue weighted by molar-refractivity contribution is 8.14. The molecule has 20 heavy (non-hydrogen) atoms. The first-order valence-corrected chi connectivity index (χ1v) is 9.45. The van der Waals surface area contributed by atoms with E-state index in [0.29, 0.717) is 5.54 Å². The number of rotatable bonds is 3. The van der Waals surface area contributed by atoms with E-state index in [1.807, 2.05) is 23.3 Å². The summed E-state index contributed by atoms with van der Waals surface area (Å²) in [5.41, 5.74) is 0.322. The number of hydrogen-bond donors (Lipinski definition) is 1. The Morgan fingerprint density at radius 3 is 3.20 bits per heavy atom. The Labute approximate surface area is 129 Å². The first kappa shape index (κ1) is 14.4. The van der Waals surface area contributed by atoms with Crippen LogP contribution in [0.4, 0.5) is 0 Å². The number of amidine groups is 1. The van der Waals surface area contributed by atoms with E-state index in [1.165, 1.54) is 31.4 Å². The van der Waals surface area contributed by atoms with Gasteiger partial charge in [-0.2, -0.15) is 0 Å². The third kappa shape index (κ3) is 3.03. The van der Waals surface area contributed by atoms with Crippen LogP contribution in [0, 0.1) is 5.92 Å². The second kappa shape index (κ2) is 6.06. The van der Waals surface area contributed by atoms with Gasteiger partial charge in [-0.05, 0) is 25.2 Å². The molecule has 110 valence electrons. The maximum atomic E-state index is 4.93. The van der Waals surface area contributed by atoms with Gasteiger partial charge < -0.3 is 5.32 Å². The quantitative estimate of drug-likeness (QED) is 0.907. The molecule has 2 heterocycles. The molecule has 2 fully saturated rings. The lowest BCUT2D eigenvalue weighted by atomic mass is 9.78. The first-order valence-electron chi connectivity index (χ1n) is 7.59. The fourth-order valence-electron chi connectivity index (χ4n) is 3.34. The van der Waals surface area contributed by atoms with Gasteiger partial charge in [0.25, 0.3) is 0 Å². The van der Waals surface area contributed by atoms with Crippen LogP contribution in [0.2, 0.25) is 0 Å². The van der Waals surface area contributed by atoms with Crippen molar-refractivity contribution in [1.82, 2.24) is 10.3 Å². The van der Waals surface area contributed by atoms with Crippen molar-refractivity contribution in [3.63, 3.8) is 0 Å². The van der Waals surface area contributed by atoms with Gasteiger partial charge in [0, 0.05) is 22.9 Å². The lowest BCUT2D eigenvalue weighted by molar-refractivity contribution is 0.242. The van der Waals surface area contributed by atoms with E-state index >= 15 is 0 Å². The minimum Gasteiger partial charge on any atom is -0.359 e. The van der Waals surface area contributed by atoms with Gasteiger partial charge in [-0.3, -0.25) is 4.99 Å². The molecule has 2 aliphatic rings. The van der Waals surface area contributed by atoms with Gasteiger partial charge in [0.05, 0.1) is 0 Å². The summed E-state index contributed by atoms with van der Waals surface area (Å²) >= 11 is 3.62. The molecule has 0 bridgehead atoms. The second-order valence-corrected chi connectivity index (χ2v) is 8.01. The van der Waals surface area contributed by atoms with E-state index < -0.39 is 0 Å². The second-order valence-electron chi connectivity index (χ2n) is 6.12. The summed E-state index contributed by atoms with van der Waals surface area (Å²) in [5, 5.41) is 8.07. The average molecular weight is 310 g/mol. The highest BCUT2D eigenvalue weighted by Gasteiger charge is 2.40. The molecule has 3 nitrogen and oxygen atoms in total. The molecule has 1 saturated heterocycles. The summed E-state index contributed by atoms with van der Waals surface area (Å²) in [5.74, 6) is 2.03.